The zero-order chi connectivity index (χ0) is 9.68. The van der Waals surface area contributed by atoms with Crippen LogP contribution in [-0.2, 0) is 5.75 Å². The van der Waals surface area contributed by atoms with Crippen molar-refractivity contribution in [3.63, 3.8) is 0 Å². The van der Waals surface area contributed by atoms with E-state index in [-0.39, 0.29) is 11.5 Å². The van der Waals surface area contributed by atoms with E-state index >= 15 is 0 Å². The molecule has 3 heteroatoms. The van der Waals surface area contributed by atoms with Gasteiger partial charge in [-0.05, 0) is 17.7 Å². The van der Waals surface area contributed by atoms with Gasteiger partial charge in [-0.25, -0.2) is 0 Å². The van der Waals surface area contributed by atoms with Crippen LogP contribution < -0.4 is 0 Å². The summed E-state index contributed by atoms with van der Waals surface area (Å²) in [6.07, 6.45) is 1.84. The summed E-state index contributed by atoms with van der Waals surface area (Å²) in [6, 6.07) is 4.87. The van der Waals surface area contributed by atoms with E-state index in [4.69, 9.17) is 5.11 Å². The molecule has 0 aliphatic heterocycles. The maximum atomic E-state index is 9.18. The first kappa shape index (κ1) is 9.99. The number of benzene rings is 1. The van der Waals surface area contributed by atoms with E-state index in [9.17, 15) is 5.11 Å². The zero-order valence-corrected chi connectivity index (χ0v) is 8.05. The van der Waals surface area contributed by atoms with E-state index in [1.54, 1.807) is 23.9 Å². The molecule has 1 rings (SSSR count). The summed E-state index contributed by atoms with van der Waals surface area (Å²) in [6.45, 7) is 3.61. The van der Waals surface area contributed by atoms with Gasteiger partial charge in [0.15, 0.2) is 11.5 Å². The average molecular weight is 196 g/mol. The van der Waals surface area contributed by atoms with Gasteiger partial charge in [-0.2, -0.15) is 11.8 Å². The minimum absolute atomic E-state index is 0.0586. The molecule has 0 bridgehead atoms. The highest BCUT2D eigenvalue weighted by molar-refractivity contribution is 7.98. The molecule has 0 saturated heterocycles. The van der Waals surface area contributed by atoms with Crippen LogP contribution in [0.2, 0.25) is 0 Å². The van der Waals surface area contributed by atoms with Gasteiger partial charge in [-0.3, -0.25) is 0 Å². The number of phenolic OH excluding ortho intramolecular Hbond substituents is 2. The molecule has 70 valence electrons. The molecule has 0 radical (unpaired) electrons. The highest BCUT2D eigenvalue weighted by atomic mass is 32.2. The molecule has 1 aromatic carbocycles. The highest BCUT2D eigenvalue weighted by Crippen LogP contribution is 2.26. The van der Waals surface area contributed by atoms with Crippen molar-refractivity contribution in [2.75, 3.05) is 5.75 Å². The molecule has 2 nitrogen and oxygen atoms in total. The maximum Gasteiger partial charge on any atom is 0.157 e. The molecular weight excluding hydrogens is 184 g/mol. The van der Waals surface area contributed by atoms with Crippen LogP contribution in [-0.4, -0.2) is 16.0 Å². The smallest absolute Gasteiger partial charge is 0.157 e. The molecular formula is C10H12O2S. The largest absolute Gasteiger partial charge is 0.504 e. The normalized spacial score (nSPS) is 9.85. The van der Waals surface area contributed by atoms with Crippen LogP contribution in [0.4, 0.5) is 0 Å². The van der Waals surface area contributed by atoms with Crippen molar-refractivity contribution in [3.8, 4) is 11.5 Å². The molecule has 13 heavy (non-hydrogen) atoms. The van der Waals surface area contributed by atoms with Gasteiger partial charge in [0.1, 0.15) is 0 Å². The minimum Gasteiger partial charge on any atom is -0.504 e. The summed E-state index contributed by atoms with van der Waals surface area (Å²) in [7, 11) is 0. The van der Waals surface area contributed by atoms with Crippen molar-refractivity contribution >= 4 is 11.8 Å². The second-order valence-electron chi connectivity index (χ2n) is 2.63. The fourth-order valence-corrected chi connectivity index (χ4v) is 1.62. The third-order valence-electron chi connectivity index (χ3n) is 1.54. The van der Waals surface area contributed by atoms with Crippen LogP contribution in [0.5, 0.6) is 11.5 Å². The Labute approximate surface area is 81.9 Å². The van der Waals surface area contributed by atoms with E-state index in [1.165, 1.54) is 6.07 Å². The molecule has 1 aromatic rings. The molecule has 0 aliphatic carbocycles. The van der Waals surface area contributed by atoms with Crippen molar-refractivity contribution in [3.05, 3.63) is 36.4 Å². The molecule has 0 saturated carbocycles. The monoisotopic (exact) mass is 196 g/mol. The number of thioether (sulfide) groups is 1. The average Bonchev–Trinajstić information content (AvgIpc) is 2.12. The second kappa shape index (κ2) is 4.82. The summed E-state index contributed by atoms with van der Waals surface area (Å²) in [4.78, 5) is 0. The highest BCUT2D eigenvalue weighted by Gasteiger charge is 1.99. The molecule has 0 atom stereocenters. The number of hydrogen-bond donors (Lipinski definition) is 2. The predicted octanol–water partition coefficient (Wildman–Crippen LogP) is 2.52. The molecule has 0 amide bonds. The summed E-state index contributed by atoms with van der Waals surface area (Å²) in [5.41, 5.74) is 1.00. The first-order valence-corrected chi connectivity index (χ1v) is 5.09. The van der Waals surface area contributed by atoms with Crippen molar-refractivity contribution in [1.29, 1.82) is 0 Å². The maximum absolute atomic E-state index is 9.18. The van der Waals surface area contributed by atoms with Crippen molar-refractivity contribution < 1.29 is 10.2 Å². The van der Waals surface area contributed by atoms with Crippen LogP contribution in [0.1, 0.15) is 5.56 Å². The molecule has 0 spiro atoms. The Morgan fingerprint density at radius 2 is 2.08 bits per heavy atom. The Bertz CT molecular complexity index is 297. The van der Waals surface area contributed by atoms with Crippen molar-refractivity contribution in [2.24, 2.45) is 0 Å². The SMILES string of the molecule is C=CCSCc1ccc(O)c(O)c1. The first-order valence-electron chi connectivity index (χ1n) is 3.93. The van der Waals surface area contributed by atoms with Gasteiger partial charge >= 0.3 is 0 Å². The number of aromatic hydroxyl groups is 2. The summed E-state index contributed by atoms with van der Waals surface area (Å²) in [5, 5.41) is 18.2. The topological polar surface area (TPSA) is 40.5 Å². The van der Waals surface area contributed by atoms with Crippen LogP contribution >= 0.6 is 11.8 Å². The van der Waals surface area contributed by atoms with Gasteiger partial charge in [0, 0.05) is 11.5 Å². The Balaban J connectivity index is 2.57. The van der Waals surface area contributed by atoms with Crippen molar-refractivity contribution in [1.82, 2.24) is 0 Å². The third-order valence-corrected chi connectivity index (χ3v) is 2.55. The Morgan fingerprint density at radius 3 is 2.69 bits per heavy atom. The van der Waals surface area contributed by atoms with Gasteiger partial charge in [0.25, 0.3) is 0 Å². The van der Waals surface area contributed by atoms with Gasteiger partial charge in [0.05, 0.1) is 0 Å². The second-order valence-corrected chi connectivity index (χ2v) is 3.66. The third kappa shape index (κ3) is 3.03. The summed E-state index contributed by atoms with van der Waals surface area (Å²) >= 11 is 1.71. The minimum atomic E-state index is -0.0718. The van der Waals surface area contributed by atoms with Gasteiger partial charge < -0.3 is 10.2 Å². The van der Waals surface area contributed by atoms with Gasteiger partial charge in [-0.15, -0.1) is 6.58 Å². The lowest BCUT2D eigenvalue weighted by atomic mass is 10.2. The van der Waals surface area contributed by atoms with Gasteiger partial charge in [0.2, 0.25) is 0 Å². The van der Waals surface area contributed by atoms with E-state index in [1.807, 2.05) is 6.08 Å². The lowest BCUT2D eigenvalue weighted by Gasteiger charge is -2.01. The molecule has 2 N–H and O–H groups in total. The Kier molecular flexibility index (Phi) is 3.71. The number of hydrogen-bond acceptors (Lipinski definition) is 3. The predicted molar refractivity (Wildman–Crippen MR) is 56.1 cm³/mol. The van der Waals surface area contributed by atoms with Crippen LogP contribution in [0.25, 0.3) is 0 Å². The molecule has 0 unspecified atom stereocenters. The molecule has 0 fully saturated rings. The van der Waals surface area contributed by atoms with E-state index in [2.05, 4.69) is 6.58 Å². The fourth-order valence-electron chi connectivity index (χ4n) is 0.919. The Morgan fingerprint density at radius 1 is 1.31 bits per heavy atom. The Hall–Kier alpha value is -1.09. The summed E-state index contributed by atoms with van der Waals surface area (Å²) < 4.78 is 0. The van der Waals surface area contributed by atoms with Crippen LogP contribution in [0, 0.1) is 0 Å². The fraction of sp³-hybridized carbons (Fsp3) is 0.200. The van der Waals surface area contributed by atoms with Crippen LogP contribution in [0.3, 0.4) is 0 Å². The van der Waals surface area contributed by atoms with E-state index in [0.29, 0.717) is 0 Å². The lowest BCUT2D eigenvalue weighted by molar-refractivity contribution is 0.403. The number of phenols is 2. The number of rotatable bonds is 4. The lowest BCUT2D eigenvalue weighted by Crippen LogP contribution is -1.81. The molecule has 0 heterocycles. The first-order chi connectivity index (χ1) is 6.24. The van der Waals surface area contributed by atoms with E-state index in [0.717, 1.165) is 17.1 Å². The van der Waals surface area contributed by atoms with E-state index < -0.39 is 0 Å². The summed E-state index contributed by atoms with van der Waals surface area (Å²) in [5.74, 6) is 1.58. The molecule has 0 aliphatic rings. The molecule has 0 aromatic heterocycles. The zero-order valence-electron chi connectivity index (χ0n) is 7.23. The quantitative estimate of drug-likeness (QED) is 0.441. The van der Waals surface area contributed by atoms with Crippen molar-refractivity contribution in [2.45, 2.75) is 5.75 Å². The van der Waals surface area contributed by atoms with Gasteiger partial charge in [-0.1, -0.05) is 12.1 Å². The standard InChI is InChI=1S/C10H12O2S/c1-2-5-13-7-8-3-4-9(11)10(12)6-8/h2-4,6,11-12H,1,5,7H2. The van der Waals surface area contributed by atoms with Crippen LogP contribution in [0.15, 0.2) is 30.9 Å².